The van der Waals surface area contributed by atoms with Crippen molar-refractivity contribution in [2.75, 3.05) is 39.4 Å². The average molecular weight is 355 g/mol. The van der Waals surface area contributed by atoms with Gasteiger partial charge in [0.15, 0.2) is 11.5 Å². The summed E-state index contributed by atoms with van der Waals surface area (Å²) < 4.78 is 11.2. The number of hydrogen-bond donors (Lipinski definition) is 1. The zero-order valence-electron chi connectivity index (χ0n) is 14.7. The molecule has 0 radical (unpaired) electrons. The molecule has 2 amide bonds. The van der Waals surface area contributed by atoms with Crippen LogP contribution in [0, 0.1) is 6.92 Å². The lowest BCUT2D eigenvalue weighted by molar-refractivity contribution is 0.0534. The summed E-state index contributed by atoms with van der Waals surface area (Å²) in [6.45, 7) is 5.00. The van der Waals surface area contributed by atoms with Gasteiger partial charge >= 0.3 is 0 Å². The van der Waals surface area contributed by atoms with Crippen LogP contribution in [0.3, 0.4) is 0 Å². The van der Waals surface area contributed by atoms with Crippen LogP contribution in [0.2, 0.25) is 0 Å². The van der Waals surface area contributed by atoms with Crippen molar-refractivity contribution in [3.8, 4) is 11.5 Å². The molecular weight excluding hydrogens is 334 g/mol. The van der Waals surface area contributed by atoms with E-state index < -0.39 is 0 Å². The van der Waals surface area contributed by atoms with Crippen LogP contribution in [0.5, 0.6) is 11.5 Å². The number of ether oxygens (including phenoxy) is 2. The van der Waals surface area contributed by atoms with E-state index >= 15 is 0 Å². The summed E-state index contributed by atoms with van der Waals surface area (Å²) in [5.41, 5.74) is 2.14. The van der Waals surface area contributed by atoms with Crippen molar-refractivity contribution < 1.29 is 19.1 Å². The maximum absolute atomic E-state index is 12.9. The number of hydrogen-bond acceptors (Lipinski definition) is 4. The zero-order chi connectivity index (χ0) is 18.1. The number of fused-ring (bicyclic) bond motifs is 1. The molecule has 4 rings (SSSR count). The van der Waals surface area contributed by atoms with Gasteiger partial charge in [0.05, 0.1) is 5.56 Å². The normalized spacial score (nSPS) is 16.5. The fraction of sp³-hybridized carbons (Fsp3) is 0.368. The standard InChI is InChI=1S/C19H21N3O4/c1-13-10-16-17(26-9-8-25-16)11-15(13)19(24)22-6-4-21(5-7-22)18(23)14-2-3-20-12-14/h2-3,10-12,20H,4-9H2,1H3. The molecule has 3 heterocycles. The molecule has 0 saturated carbocycles. The Bertz CT molecular complexity index is 824. The Kier molecular flexibility index (Phi) is 4.28. The number of benzene rings is 1. The Balaban J connectivity index is 1.45. The first kappa shape index (κ1) is 16.5. The fourth-order valence-corrected chi connectivity index (χ4v) is 3.34. The molecule has 2 aliphatic heterocycles. The third-order valence-corrected chi connectivity index (χ3v) is 4.82. The molecule has 7 nitrogen and oxygen atoms in total. The lowest BCUT2D eigenvalue weighted by Gasteiger charge is -2.35. The van der Waals surface area contributed by atoms with E-state index in [1.807, 2.05) is 13.0 Å². The maximum atomic E-state index is 12.9. The van der Waals surface area contributed by atoms with Crippen molar-refractivity contribution >= 4 is 11.8 Å². The molecule has 7 heteroatoms. The number of carbonyl (C=O) groups is 2. The molecule has 26 heavy (non-hydrogen) atoms. The minimum atomic E-state index is -0.0341. The number of carbonyl (C=O) groups excluding carboxylic acids is 2. The van der Waals surface area contributed by atoms with Gasteiger partial charge in [-0.2, -0.15) is 0 Å². The van der Waals surface area contributed by atoms with E-state index in [9.17, 15) is 9.59 Å². The molecule has 0 aliphatic carbocycles. The lowest BCUT2D eigenvalue weighted by Crippen LogP contribution is -2.50. The number of nitrogens with one attached hydrogen (secondary N) is 1. The van der Waals surface area contributed by atoms with Gasteiger partial charge in [-0.05, 0) is 30.7 Å². The molecule has 1 saturated heterocycles. The van der Waals surface area contributed by atoms with Crippen LogP contribution < -0.4 is 9.47 Å². The summed E-state index contributed by atoms with van der Waals surface area (Å²) in [6, 6.07) is 5.38. The van der Waals surface area contributed by atoms with Gasteiger partial charge in [0.2, 0.25) is 0 Å². The van der Waals surface area contributed by atoms with E-state index in [2.05, 4.69) is 4.98 Å². The molecule has 1 aromatic heterocycles. The van der Waals surface area contributed by atoms with Crippen LogP contribution in [-0.2, 0) is 0 Å². The molecule has 0 unspecified atom stereocenters. The number of aromatic nitrogens is 1. The van der Waals surface area contributed by atoms with E-state index in [0.717, 1.165) is 5.56 Å². The van der Waals surface area contributed by atoms with Crippen LogP contribution in [0.25, 0.3) is 0 Å². The SMILES string of the molecule is Cc1cc2c(cc1C(=O)N1CCN(C(=O)c3cc[nH]c3)CC1)OCCO2. The number of piperazine rings is 1. The molecule has 1 fully saturated rings. The van der Waals surface area contributed by atoms with E-state index in [0.29, 0.717) is 62.0 Å². The summed E-state index contributed by atoms with van der Waals surface area (Å²) >= 11 is 0. The molecule has 1 N–H and O–H groups in total. The third kappa shape index (κ3) is 3.00. The Morgan fingerprint density at radius 2 is 1.58 bits per heavy atom. The highest BCUT2D eigenvalue weighted by Gasteiger charge is 2.27. The van der Waals surface area contributed by atoms with Gasteiger partial charge in [-0.1, -0.05) is 0 Å². The van der Waals surface area contributed by atoms with E-state index in [1.165, 1.54) is 0 Å². The predicted molar refractivity (Wildman–Crippen MR) is 94.8 cm³/mol. The van der Waals surface area contributed by atoms with Crippen molar-refractivity contribution in [2.24, 2.45) is 0 Å². The topological polar surface area (TPSA) is 74.9 Å². The largest absolute Gasteiger partial charge is 0.486 e. The fourth-order valence-electron chi connectivity index (χ4n) is 3.34. The zero-order valence-corrected chi connectivity index (χ0v) is 14.7. The van der Waals surface area contributed by atoms with Crippen molar-refractivity contribution in [3.63, 3.8) is 0 Å². The summed E-state index contributed by atoms with van der Waals surface area (Å²) in [5.74, 6) is 1.26. The predicted octanol–water partition coefficient (Wildman–Crippen LogP) is 1.69. The molecular formula is C19H21N3O4. The molecule has 0 spiro atoms. The second-order valence-corrected chi connectivity index (χ2v) is 6.49. The Labute approximate surface area is 151 Å². The minimum absolute atomic E-state index is 0.00569. The third-order valence-electron chi connectivity index (χ3n) is 4.82. The van der Waals surface area contributed by atoms with E-state index in [4.69, 9.17) is 9.47 Å². The Morgan fingerprint density at radius 3 is 2.19 bits per heavy atom. The van der Waals surface area contributed by atoms with Gasteiger partial charge in [-0.25, -0.2) is 0 Å². The van der Waals surface area contributed by atoms with E-state index in [-0.39, 0.29) is 11.8 Å². The minimum Gasteiger partial charge on any atom is -0.486 e. The summed E-state index contributed by atoms with van der Waals surface area (Å²) in [4.78, 5) is 31.8. The number of rotatable bonds is 2. The first-order valence-electron chi connectivity index (χ1n) is 8.75. The second kappa shape index (κ2) is 6.74. The first-order valence-corrected chi connectivity index (χ1v) is 8.75. The molecule has 2 aromatic rings. The van der Waals surface area contributed by atoms with Gasteiger partial charge in [-0.3, -0.25) is 9.59 Å². The number of amides is 2. The van der Waals surface area contributed by atoms with Crippen LogP contribution in [-0.4, -0.2) is 66.0 Å². The van der Waals surface area contributed by atoms with Gasteiger partial charge in [-0.15, -0.1) is 0 Å². The van der Waals surface area contributed by atoms with Gasteiger partial charge in [0, 0.05) is 44.1 Å². The van der Waals surface area contributed by atoms with Gasteiger partial charge in [0.25, 0.3) is 11.8 Å². The summed E-state index contributed by atoms with van der Waals surface area (Å²) in [6.07, 6.45) is 3.43. The lowest BCUT2D eigenvalue weighted by atomic mass is 10.1. The van der Waals surface area contributed by atoms with Crippen molar-refractivity contribution in [1.29, 1.82) is 0 Å². The second-order valence-electron chi connectivity index (χ2n) is 6.49. The molecule has 0 bridgehead atoms. The monoisotopic (exact) mass is 355 g/mol. The molecule has 136 valence electrons. The smallest absolute Gasteiger partial charge is 0.255 e. The highest BCUT2D eigenvalue weighted by atomic mass is 16.6. The molecule has 1 aromatic carbocycles. The van der Waals surface area contributed by atoms with Crippen molar-refractivity contribution in [2.45, 2.75) is 6.92 Å². The van der Waals surface area contributed by atoms with Crippen LogP contribution >= 0.6 is 0 Å². The number of H-pyrrole nitrogens is 1. The first-order chi connectivity index (χ1) is 12.6. The highest BCUT2D eigenvalue weighted by Crippen LogP contribution is 2.33. The van der Waals surface area contributed by atoms with Crippen LogP contribution in [0.1, 0.15) is 26.3 Å². The van der Waals surface area contributed by atoms with Gasteiger partial charge in [0.1, 0.15) is 13.2 Å². The van der Waals surface area contributed by atoms with Crippen molar-refractivity contribution in [1.82, 2.24) is 14.8 Å². The summed E-state index contributed by atoms with van der Waals surface area (Å²) in [7, 11) is 0. The van der Waals surface area contributed by atoms with Gasteiger partial charge < -0.3 is 24.3 Å². The molecule has 0 atom stereocenters. The van der Waals surface area contributed by atoms with E-state index in [1.54, 1.807) is 34.3 Å². The van der Waals surface area contributed by atoms with Crippen molar-refractivity contribution in [3.05, 3.63) is 47.3 Å². The van der Waals surface area contributed by atoms with Crippen LogP contribution in [0.4, 0.5) is 0 Å². The number of aryl methyl sites for hydroxylation is 1. The Morgan fingerprint density at radius 1 is 0.962 bits per heavy atom. The van der Waals surface area contributed by atoms with Crippen LogP contribution in [0.15, 0.2) is 30.6 Å². The number of aromatic amines is 1. The quantitative estimate of drug-likeness (QED) is 0.890. The molecule has 2 aliphatic rings. The summed E-state index contributed by atoms with van der Waals surface area (Å²) in [5, 5.41) is 0. The Hall–Kier alpha value is -2.96. The number of nitrogens with zero attached hydrogens (tertiary/aromatic N) is 2. The maximum Gasteiger partial charge on any atom is 0.255 e. The highest BCUT2D eigenvalue weighted by molar-refractivity contribution is 5.97. The average Bonchev–Trinajstić information content (AvgIpc) is 3.21.